The molecule has 3 aromatic rings. The van der Waals surface area contributed by atoms with Crippen molar-refractivity contribution >= 4 is 39.5 Å². The van der Waals surface area contributed by atoms with Gasteiger partial charge < -0.3 is 20.3 Å². The SMILES string of the molecule is CC(C)c1ccc(C(=O)Nc2sccc2C(=O)Nc2ccc(N3CCOCC3)c(F)c2)cc1. The van der Waals surface area contributed by atoms with Crippen LogP contribution in [0.2, 0.25) is 0 Å². The minimum absolute atomic E-state index is 0.289. The number of halogens is 1. The fourth-order valence-electron chi connectivity index (χ4n) is 3.62. The summed E-state index contributed by atoms with van der Waals surface area (Å²) in [6.07, 6.45) is 0. The minimum atomic E-state index is -0.416. The number of anilines is 3. The van der Waals surface area contributed by atoms with Gasteiger partial charge in [-0.25, -0.2) is 4.39 Å². The van der Waals surface area contributed by atoms with Gasteiger partial charge in [0.2, 0.25) is 0 Å². The number of amides is 2. The standard InChI is InChI=1S/C25H26FN3O3S/c1-16(2)17-3-5-18(6-4-17)23(30)28-25-20(9-14-33-25)24(31)27-19-7-8-22(21(26)15-19)29-10-12-32-13-11-29/h3-9,14-16H,10-13H2,1-2H3,(H,27,31)(H,28,30). The fourth-order valence-corrected chi connectivity index (χ4v) is 4.40. The van der Waals surface area contributed by atoms with Crippen LogP contribution >= 0.6 is 11.3 Å². The monoisotopic (exact) mass is 467 g/mol. The maximum atomic E-state index is 14.7. The number of ether oxygens (including phenoxy) is 1. The summed E-state index contributed by atoms with van der Waals surface area (Å²) in [5.41, 5.74) is 2.82. The Hall–Kier alpha value is -3.23. The van der Waals surface area contributed by atoms with Crippen LogP contribution in [-0.2, 0) is 4.74 Å². The molecule has 1 aliphatic rings. The molecule has 1 aliphatic heterocycles. The first-order chi connectivity index (χ1) is 15.9. The Labute approximate surface area is 196 Å². The highest BCUT2D eigenvalue weighted by Crippen LogP contribution is 2.27. The van der Waals surface area contributed by atoms with E-state index in [-0.39, 0.29) is 5.91 Å². The third kappa shape index (κ3) is 5.40. The number of benzene rings is 2. The third-order valence-corrected chi connectivity index (χ3v) is 6.36. The number of morpholine rings is 1. The van der Waals surface area contributed by atoms with Crippen molar-refractivity contribution in [3.63, 3.8) is 0 Å². The second kappa shape index (κ2) is 10.1. The lowest BCUT2D eigenvalue weighted by atomic mass is 10.0. The maximum absolute atomic E-state index is 14.7. The van der Waals surface area contributed by atoms with Crippen LogP contribution < -0.4 is 15.5 Å². The van der Waals surface area contributed by atoms with E-state index in [1.165, 1.54) is 17.4 Å². The molecule has 2 aromatic carbocycles. The summed E-state index contributed by atoms with van der Waals surface area (Å²) < 4.78 is 20.0. The first-order valence-electron chi connectivity index (χ1n) is 10.8. The van der Waals surface area contributed by atoms with Crippen molar-refractivity contribution in [2.75, 3.05) is 41.8 Å². The Balaban J connectivity index is 1.43. The lowest BCUT2D eigenvalue weighted by Gasteiger charge is -2.29. The van der Waals surface area contributed by atoms with Crippen molar-refractivity contribution in [3.05, 3.63) is 76.4 Å². The Bertz CT molecular complexity index is 1140. The van der Waals surface area contributed by atoms with E-state index in [1.54, 1.807) is 35.7 Å². The highest BCUT2D eigenvalue weighted by molar-refractivity contribution is 7.14. The van der Waals surface area contributed by atoms with E-state index >= 15 is 0 Å². The molecule has 0 spiro atoms. The molecule has 172 valence electrons. The zero-order chi connectivity index (χ0) is 23.4. The van der Waals surface area contributed by atoms with E-state index in [4.69, 9.17) is 4.74 Å². The predicted octanol–water partition coefficient (Wildman–Crippen LogP) is 5.35. The van der Waals surface area contributed by atoms with E-state index in [0.717, 1.165) is 5.56 Å². The van der Waals surface area contributed by atoms with Crippen molar-refractivity contribution in [2.24, 2.45) is 0 Å². The largest absolute Gasteiger partial charge is 0.378 e. The highest BCUT2D eigenvalue weighted by atomic mass is 32.1. The molecular formula is C25H26FN3O3S. The molecule has 0 saturated carbocycles. The van der Waals surface area contributed by atoms with Gasteiger partial charge in [0.05, 0.1) is 24.5 Å². The molecule has 2 heterocycles. The van der Waals surface area contributed by atoms with Crippen molar-refractivity contribution in [1.82, 2.24) is 0 Å². The van der Waals surface area contributed by atoms with Crippen molar-refractivity contribution in [3.8, 4) is 0 Å². The number of hydrogen-bond acceptors (Lipinski definition) is 5. The lowest BCUT2D eigenvalue weighted by molar-refractivity contribution is 0.102. The number of hydrogen-bond donors (Lipinski definition) is 2. The van der Waals surface area contributed by atoms with Crippen molar-refractivity contribution in [2.45, 2.75) is 19.8 Å². The van der Waals surface area contributed by atoms with Crippen LogP contribution in [0.4, 0.5) is 20.8 Å². The summed E-state index contributed by atoms with van der Waals surface area (Å²) >= 11 is 1.26. The molecule has 0 atom stereocenters. The van der Waals surface area contributed by atoms with Gasteiger partial charge in [0.1, 0.15) is 10.8 Å². The molecule has 1 saturated heterocycles. The molecule has 0 aliphatic carbocycles. The Morgan fingerprint density at radius 2 is 1.73 bits per heavy atom. The van der Waals surface area contributed by atoms with Crippen LogP contribution in [0.25, 0.3) is 0 Å². The number of thiophene rings is 1. The summed E-state index contributed by atoms with van der Waals surface area (Å²) in [6.45, 7) is 6.56. The van der Waals surface area contributed by atoms with Gasteiger partial charge in [0.15, 0.2) is 0 Å². The quantitative estimate of drug-likeness (QED) is 0.513. The van der Waals surface area contributed by atoms with Crippen LogP contribution in [0.5, 0.6) is 0 Å². The van der Waals surface area contributed by atoms with Gasteiger partial charge in [-0.15, -0.1) is 11.3 Å². The van der Waals surface area contributed by atoms with E-state index in [1.807, 2.05) is 17.0 Å². The van der Waals surface area contributed by atoms with E-state index < -0.39 is 11.7 Å². The summed E-state index contributed by atoms with van der Waals surface area (Å²) in [4.78, 5) is 27.4. The number of nitrogens with one attached hydrogen (secondary N) is 2. The minimum Gasteiger partial charge on any atom is -0.378 e. The van der Waals surface area contributed by atoms with Gasteiger partial charge >= 0.3 is 0 Å². The maximum Gasteiger partial charge on any atom is 0.258 e. The van der Waals surface area contributed by atoms with Gasteiger partial charge in [-0.1, -0.05) is 26.0 Å². The Kier molecular flexibility index (Phi) is 7.05. The third-order valence-electron chi connectivity index (χ3n) is 5.53. The van der Waals surface area contributed by atoms with Crippen LogP contribution in [0.3, 0.4) is 0 Å². The first kappa shape index (κ1) is 22.9. The first-order valence-corrected chi connectivity index (χ1v) is 11.7. The molecule has 1 fully saturated rings. The number of nitrogens with zero attached hydrogens (tertiary/aromatic N) is 1. The summed E-state index contributed by atoms with van der Waals surface area (Å²) in [7, 11) is 0. The summed E-state index contributed by atoms with van der Waals surface area (Å²) in [5.74, 6) is -0.733. The average molecular weight is 468 g/mol. The molecule has 0 bridgehead atoms. The smallest absolute Gasteiger partial charge is 0.258 e. The van der Waals surface area contributed by atoms with E-state index in [9.17, 15) is 14.0 Å². The molecule has 0 radical (unpaired) electrons. The molecule has 33 heavy (non-hydrogen) atoms. The molecule has 4 rings (SSSR count). The molecule has 6 nitrogen and oxygen atoms in total. The van der Waals surface area contributed by atoms with Crippen molar-refractivity contribution in [1.29, 1.82) is 0 Å². The van der Waals surface area contributed by atoms with Gasteiger partial charge in [0, 0.05) is 24.3 Å². The topological polar surface area (TPSA) is 70.7 Å². The molecule has 1 aromatic heterocycles. The van der Waals surface area contributed by atoms with Crippen molar-refractivity contribution < 1.29 is 18.7 Å². The fraction of sp³-hybridized carbons (Fsp3) is 0.280. The summed E-state index contributed by atoms with van der Waals surface area (Å²) in [6, 6.07) is 13.7. The second-order valence-corrected chi connectivity index (χ2v) is 9.03. The van der Waals surface area contributed by atoms with Crippen LogP contribution in [0, 0.1) is 5.82 Å². The van der Waals surface area contributed by atoms with Gasteiger partial charge in [-0.2, -0.15) is 0 Å². The number of carbonyl (C=O) groups is 2. The lowest BCUT2D eigenvalue weighted by Crippen LogP contribution is -2.36. The van der Waals surface area contributed by atoms with Crippen LogP contribution in [0.1, 0.15) is 46.0 Å². The average Bonchev–Trinajstić information content (AvgIpc) is 3.28. The molecule has 8 heteroatoms. The zero-order valence-electron chi connectivity index (χ0n) is 18.6. The van der Waals surface area contributed by atoms with E-state index in [0.29, 0.717) is 59.7 Å². The summed E-state index contributed by atoms with van der Waals surface area (Å²) in [5, 5.41) is 7.70. The van der Waals surface area contributed by atoms with Gasteiger partial charge in [-0.05, 0) is 53.3 Å². The number of carbonyl (C=O) groups excluding carboxylic acids is 2. The molecule has 2 N–H and O–H groups in total. The molecular weight excluding hydrogens is 441 g/mol. The van der Waals surface area contributed by atoms with Crippen LogP contribution in [-0.4, -0.2) is 38.1 Å². The van der Waals surface area contributed by atoms with Crippen LogP contribution in [0.15, 0.2) is 53.9 Å². The Morgan fingerprint density at radius 1 is 1.00 bits per heavy atom. The molecule has 2 amide bonds. The molecule has 0 unspecified atom stereocenters. The van der Waals surface area contributed by atoms with Gasteiger partial charge in [0.25, 0.3) is 11.8 Å². The normalized spacial score (nSPS) is 13.8. The van der Waals surface area contributed by atoms with Gasteiger partial charge in [-0.3, -0.25) is 9.59 Å². The predicted molar refractivity (Wildman–Crippen MR) is 130 cm³/mol. The van der Waals surface area contributed by atoms with E-state index in [2.05, 4.69) is 24.5 Å². The zero-order valence-corrected chi connectivity index (χ0v) is 19.4. The highest BCUT2D eigenvalue weighted by Gasteiger charge is 2.19. The second-order valence-electron chi connectivity index (χ2n) is 8.11. The Morgan fingerprint density at radius 3 is 2.39 bits per heavy atom. The number of rotatable bonds is 6.